The Bertz CT molecular complexity index is 1180. The molecular weight excluding hydrogens is 456 g/mol. The normalized spacial score (nSPS) is 21.2. The molecule has 2 unspecified atom stereocenters. The zero-order chi connectivity index (χ0) is 26.4. The summed E-state index contributed by atoms with van der Waals surface area (Å²) in [7, 11) is 6.27. The minimum atomic E-state index is -0.293. The Morgan fingerprint density at radius 3 is 2.41 bits per heavy atom. The van der Waals surface area contributed by atoms with Crippen LogP contribution in [0, 0.1) is 5.92 Å². The number of aliphatic imine (C=N–C) groups is 1. The molecule has 2 atom stereocenters. The zero-order valence-corrected chi connectivity index (χ0v) is 22.7. The molecule has 0 amide bonds. The predicted molar refractivity (Wildman–Crippen MR) is 158 cm³/mol. The Morgan fingerprint density at radius 2 is 1.76 bits per heavy atom. The van der Waals surface area contributed by atoms with E-state index in [2.05, 4.69) is 71.6 Å². The fourth-order valence-electron chi connectivity index (χ4n) is 5.21. The third kappa shape index (κ3) is 6.94. The fourth-order valence-corrected chi connectivity index (χ4v) is 5.21. The highest BCUT2D eigenvalue weighted by Crippen LogP contribution is 2.37. The molecule has 1 fully saturated rings. The van der Waals surface area contributed by atoms with Crippen molar-refractivity contribution in [2.24, 2.45) is 10.9 Å². The van der Waals surface area contributed by atoms with E-state index in [9.17, 15) is 4.79 Å². The molecule has 4 rings (SSSR count). The Balaban J connectivity index is 0.00000400. The molecule has 0 spiro atoms. The molecule has 0 bridgehead atoms. The highest BCUT2D eigenvalue weighted by atomic mass is 16.1. The van der Waals surface area contributed by atoms with Crippen LogP contribution < -0.4 is 4.90 Å². The van der Waals surface area contributed by atoms with Crippen LogP contribution in [0.1, 0.15) is 25.4 Å². The first-order chi connectivity index (χ1) is 17.8. The summed E-state index contributed by atoms with van der Waals surface area (Å²) >= 11 is 0. The summed E-state index contributed by atoms with van der Waals surface area (Å²) in [6, 6.07) is 19.2. The van der Waals surface area contributed by atoms with E-state index in [1.807, 2.05) is 44.6 Å². The average molecular weight is 499 g/mol. The maximum atomic E-state index is 13.0. The number of nitrogens with zero attached hydrogens (tertiary/aromatic N) is 4. The van der Waals surface area contributed by atoms with Crippen LogP contribution in [0.3, 0.4) is 0 Å². The lowest BCUT2D eigenvalue weighted by Gasteiger charge is -2.34. The van der Waals surface area contributed by atoms with Gasteiger partial charge in [-0.15, -0.1) is 0 Å². The van der Waals surface area contributed by atoms with Crippen LogP contribution in [0.5, 0.6) is 0 Å². The van der Waals surface area contributed by atoms with Gasteiger partial charge in [0.25, 0.3) is 0 Å². The van der Waals surface area contributed by atoms with E-state index in [-0.39, 0.29) is 19.0 Å². The van der Waals surface area contributed by atoms with Gasteiger partial charge >= 0.3 is 0 Å². The first-order valence-electron chi connectivity index (χ1n) is 13.2. The molecule has 2 aliphatic rings. The van der Waals surface area contributed by atoms with E-state index in [4.69, 9.17) is 4.99 Å². The minimum absolute atomic E-state index is 0. The molecule has 0 aromatic heterocycles. The van der Waals surface area contributed by atoms with E-state index in [0.717, 1.165) is 61.6 Å². The Labute approximate surface area is 224 Å². The van der Waals surface area contributed by atoms with E-state index in [1.165, 1.54) is 11.3 Å². The summed E-state index contributed by atoms with van der Waals surface area (Å²) in [5.41, 5.74) is 6.50. The molecule has 2 aromatic rings. The van der Waals surface area contributed by atoms with Crippen molar-refractivity contribution in [3.8, 4) is 0 Å². The van der Waals surface area contributed by atoms with Crippen molar-refractivity contribution in [3.63, 3.8) is 0 Å². The number of carbonyl (C=O) groups excluding carboxylic acids is 1. The quantitative estimate of drug-likeness (QED) is 0.468. The molecule has 196 valence electrons. The lowest BCUT2D eigenvalue weighted by atomic mass is 9.74. The van der Waals surface area contributed by atoms with Gasteiger partial charge in [-0.05, 0) is 74.6 Å². The number of ketones is 1. The first-order valence-corrected chi connectivity index (χ1v) is 13.2. The van der Waals surface area contributed by atoms with Crippen molar-refractivity contribution in [3.05, 3.63) is 102 Å². The van der Waals surface area contributed by atoms with Gasteiger partial charge in [-0.1, -0.05) is 49.0 Å². The van der Waals surface area contributed by atoms with Gasteiger partial charge in [-0.2, -0.15) is 0 Å². The molecule has 0 radical (unpaired) electrons. The maximum Gasteiger partial charge on any atom is 0.163 e. The number of benzene rings is 2. The third-order valence-electron chi connectivity index (χ3n) is 7.36. The number of piperazine rings is 1. The van der Waals surface area contributed by atoms with Gasteiger partial charge in [0.2, 0.25) is 0 Å². The number of allylic oxidation sites excluding steroid dienone is 4. The lowest BCUT2D eigenvalue weighted by Crippen LogP contribution is -2.44. The molecular formula is C32H42N4O. The SMILES string of the molecule is C=C1/C(=C\N=C(C)Cc2ccc(N3CCN(C)CC3)cc2)C=CC(=O)C1C(CN(C)C)c1ccccc1.[HH]. The van der Waals surface area contributed by atoms with Gasteiger partial charge in [0.1, 0.15) is 0 Å². The van der Waals surface area contributed by atoms with Crippen molar-refractivity contribution in [1.82, 2.24) is 9.80 Å². The second-order valence-corrected chi connectivity index (χ2v) is 10.6. The molecule has 37 heavy (non-hydrogen) atoms. The Hall–Kier alpha value is -3.28. The van der Waals surface area contributed by atoms with Crippen molar-refractivity contribution in [2.75, 3.05) is 58.8 Å². The van der Waals surface area contributed by atoms with Crippen LogP contribution in [0.4, 0.5) is 5.69 Å². The molecule has 1 aliphatic heterocycles. The second kappa shape index (κ2) is 12.3. The van der Waals surface area contributed by atoms with Gasteiger partial charge in [-0.3, -0.25) is 9.79 Å². The number of rotatable bonds is 8. The van der Waals surface area contributed by atoms with Crippen molar-refractivity contribution in [1.29, 1.82) is 0 Å². The Kier molecular flexibility index (Phi) is 8.91. The van der Waals surface area contributed by atoms with Gasteiger partial charge in [-0.25, -0.2) is 0 Å². The monoisotopic (exact) mass is 498 g/mol. The molecule has 0 N–H and O–H groups in total. The van der Waals surface area contributed by atoms with E-state index in [1.54, 1.807) is 6.08 Å². The van der Waals surface area contributed by atoms with Gasteiger partial charge in [0.15, 0.2) is 5.78 Å². The van der Waals surface area contributed by atoms with Crippen LogP contribution in [0.25, 0.3) is 0 Å². The molecule has 1 saturated heterocycles. The molecule has 5 nitrogen and oxygen atoms in total. The van der Waals surface area contributed by atoms with Gasteiger partial charge in [0, 0.05) is 64.1 Å². The Morgan fingerprint density at radius 1 is 1.08 bits per heavy atom. The van der Waals surface area contributed by atoms with E-state index in [0.29, 0.717) is 0 Å². The number of likely N-dealkylation sites (N-methyl/N-ethyl adjacent to an activating group) is 2. The molecule has 1 heterocycles. The van der Waals surface area contributed by atoms with Crippen LogP contribution in [-0.4, -0.2) is 75.2 Å². The maximum absolute atomic E-state index is 13.0. The standard InChI is InChI=1S/C32H40N4O.H2/c1-24(21-26-11-14-29(15-12-26)36-19-17-35(5)18-20-36)33-22-28-13-16-31(37)32(25(28)2)30(23-34(3)4)27-9-7-6-8-10-27;/h6-16,22,30,32H,2,17-21,23H2,1,3-5H3;1H/b28-22-,33-24?;. The van der Waals surface area contributed by atoms with Crippen molar-refractivity contribution >= 4 is 17.2 Å². The summed E-state index contributed by atoms with van der Waals surface area (Å²) in [6.07, 6.45) is 6.22. The van der Waals surface area contributed by atoms with Crippen LogP contribution in [-0.2, 0) is 11.2 Å². The van der Waals surface area contributed by atoms with Crippen molar-refractivity contribution in [2.45, 2.75) is 19.3 Å². The molecule has 1 aliphatic carbocycles. The summed E-state index contributed by atoms with van der Waals surface area (Å²) < 4.78 is 0. The fraction of sp³-hybridized carbons (Fsp3) is 0.375. The number of carbonyl (C=O) groups is 1. The van der Waals surface area contributed by atoms with Gasteiger partial charge < -0.3 is 14.7 Å². The average Bonchev–Trinajstić information content (AvgIpc) is 2.89. The summed E-state index contributed by atoms with van der Waals surface area (Å²) in [5, 5.41) is 0. The first kappa shape index (κ1) is 26.8. The smallest absolute Gasteiger partial charge is 0.163 e. The number of anilines is 1. The largest absolute Gasteiger partial charge is 0.369 e. The van der Waals surface area contributed by atoms with E-state index >= 15 is 0 Å². The molecule has 5 heteroatoms. The van der Waals surface area contributed by atoms with Crippen molar-refractivity contribution < 1.29 is 6.22 Å². The number of hydrogen-bond acceptors (Lipinski definition) is 5. The van der Waals surface area contributed by atoms with Crippen LogP contribution >= 0.6 is 0 Å². The van der Waals surface area contributed by atoms with Gasteiger partial charge in [0.05, 0.1) is 5.92 Å². The highest BCUT2D eigenvalue weighted by molar-refractivity contribution is 5.98. The van der Waals surface area contributed by atoms with Crippen LogP contribution in [0.15, 0.2) is 95.7 Å². The zero-order valence-electron chi connectivity index (χ0n) is 22.7. The summed E-state index contributed by atoms with van der Waals surface area (Å²) in [4.78, 5) is 24.8. The second-order valence-electron chi connectivity index (χ2n) is 10.6. The number of hydrogen-bond donors (Lipinski definition) is 0. The highest BCUT2D eigenvalue weighted by Gasteiger charge is 2.34. The predicted octanol–water partition coefficient (Wildman–Crippen LogP) is 5.23. The molecule has 0 saturated carbocycles. The lowest BCUT2D eigenvalue weighted by molar-refractivity contribution is -0.118. The molecule has 2 aromatic carbocycles. The summed E-state index contributed by atoms with van der Waals surface area (Å²) in [6.45, 7) is 11.6. The summed E-state index contributed by atoms with van der Waals surface area (Å²) in [5.74, 6) is -0.147. The third-order valence-corrected chi connectivity index (χ3v) is 7.36. The van der Waals surface area contributed by atoms with Crippen LogP contribution in [0.2, 0.25) is 0 Å². The van der Waals surface area contributed by atoms with E-state index < -0.39 is 0 Å². The topological polar surface area (TPSA) is 39.1 Å². The minimum Gasteiger partial charge on any atom is -0.369 e.